The first-order valence-corrected chi connectivity index (χ1v) is 7.97. The third kappa shape index (κ3) is 3.97. The van der Waals surface area contributed by atoms with Gasteiger partial charge in [0.25, 0.3) is 5.91 Å². The van der Waals surface area contributed by atoms with E-state index in [2.05, 4.69) is 10.3 Å². The Balaban J connectivity index is 1.69. The Bertz CT molecular complexity index is 728. The van der Waals surface area contributed by atoms with Crippen molar-refractivity contribution in [3.8, 4) is 0 Å². The molecule has 0 spiro atoms. The summed E-state index contributed by atoms with van der Waals surface area (Å²) in [4.78, 5) is 17.9. The molecule has 1 fully saturated rings. The van der Waals surface area contributed by atoms with Crippen LogP contribution in [0.2, 0.25) is 0 Å². The Labute approximate surface area is 138 Å². The zero-order chi connectivity index (χ0) is 17.1. The summed E-state index contributed by atoms with van der Waals surface area (Å²) in [5.74, 6) is -1.02. The number of hydrogen-bond acceptors (Lipinski definition) is 4. The molecule has 0 radical (unpaired) electrons. The summed E-state index contributed by atoms with van der Waals surface area (Å²) in [6.45, 7) is 3.06. The minimum Gasteiger partial charge on any atom is -0.447 e. The fourth-order valence-electron chi connectivity index (χ4n) is 2.54. The molecule has 1 amide bonds. The number of amides is 1. The van der Waals surface area contributed by atoms with Crippen molar-refractivity contribution >= 4 is 5.91 Å². The van der Waals surface area contributed by atoms with Crippen molar-refractivity contribution in [2.75, 3.05) is 6.54 Å². The summed E-state index contributed by atoms with van der Waals surface area (Å²) in [5.41, 5.74) is 0.661. The Morgan fingerprint density at radius 3 is 2.83 bits per heavy atom. The number of nitrogens with zero attached hydrogens (tertiary/aromatic N) is 2. The van der Waals surface area contributed by atoms with Gasteiger partial charge in [0.1, 0.15) is 17.9 Å². The highest BCUT2D eigenvalue weighted by atomic mass is 19.1. The van der Waals surface area contributed by atoms with Gasteiger partial charge in [-0.05, 0) is 25.8 Å². The van der Waals surface area contributed by atoms with Crippen molar-refractivity contribution in [3.05, 3.63) is 53.2 Å². The number of nitrogens with one attached hydrogen (secondary N) is 1. The predicted molar refractivity (Wildman–Crippen MR) is 83.1 cm³/mol. The van der Waals surface area contributed by atoms with E-state index in [0.717, 1.165) is 18.9 Å². The van der Waals surface area contributed by atoms with Gasteiger partial charge in [0, 0.05) is 30.8 Å². The quantitative estimate of drug-likeness (QED) is 0.845. The van der Waals surface area contributed by atoms with Crippen LogP contribution in [0.25, 0.3) is 0 Å². The van der Waals surface area contributed by atoms with Crippen LogP contribution in [0.5, 0.6) is 0 Å². The van der Waals surface area contributed by atoms with E-state index in [-0.39, 0.29) is 11.6 Å². The van der Waals surface area contributed by atoms with Gasteiger partial charge >= 0.3 is 0 Å². The number of hydrogen-bond donors (Lipinski definition) is 1. The first-order valence-electron chi connectivity index (χ1n) is 7.97. The van der Waals surface area contributed by atoms with E-state index in [1.54, 1.807) is 0 Å². The maximum Gasteiger partial charge on any atom is 0.273 e. The predicted octanol–water partition coefficient (Wildman–Crippen LogP) is 2.87. The zero-order valence-electron chi connectivity index (χ0n) is 13.4. The summed E-state index contributed by atoms with van der Waals surface area (Å²) < 4.78 is 32.3. The molecule has 5 nitrogen and oxygen atoms in total. The molecule has 0 aliphatic heterocycles. The van der Waals surface area contributed by atoms with Gasteiger partial charge in [0.15, 0.2) is 5.69 Å². The standard InChI is InChI=1S/C17H19F2N3O2/c1-2-20-17(23)15-10-24-16(21-15)9-22(13-5-6-13)8-11-3-4-12(18)7-14(11)19/h3-4,7,10,13H,2,5-6,8-9H2,1H3,(H,20,23). The molecule has 0 bridgehead atoms. The lowest BCUT2D eigenvalue weighted by Crippen LogP contribution is -2.26. The van der Waals surface area contributed by atoms with E-state index in [9.17, 15) is 13.6 Å². The fraction of sp³-hybridized carbons (Fsp3) is 0.412. The van der Waals surface area contributed by atoms with Crippen LogP contribution in [0.15, 0.2) is 28.9 Å². The number of halogens is 2. The first-order chi connectivity index (χ1) is 11.6. The van der Waals surface area contributed by atoms with Crippen LogP contribution in [0.1, 0.15) is 41.7 Å². The molecule has 1 aromatic heterocycles. The summed E-state index contributed by atoms with van der Waals surface area (Å²) in [6, 6.07) is 3.92. The van der Waals surface area contributed by atoms with Crippen molar-refractivity contribution in [3.63, 3.8) is 0 Å². The lowest BCUT2D eigenvalue weighted by Gasteiger charge is -2.20. The highest BCUT2D eigenvalue weighted by molar-refractivity contribution is 5.91. The van der Waals surface area contributed by atoms with Crippen molar-refractivity contribution in [1.29, 1.82) is 0 Å². The van der Waals surface area contributed by atoms with E-state index >= 15 is 0 Å². The third-order valence-corrected chi connectivity index (χ3v) is 3.91. The van der Waals surface area contributed by atoms with Gasteiger partial charge in [0.2, 0.25) is 5.89 Å². The number of oxazole rings is 1. The summed E-state index contributed by atoms with van der Waals surface area (Å²) >= 11 is 0. The van der Waals surface area contributed by atoms with Crippen molar-refractivity contribution in [1.82, 2.24) is 15.2 Å². The molecule has 7 heteroatoms. The van der Waals surface area contributed by atoms with E-state index in [0.29, 0.717) is 37.1 Å². The number of rotatable bonds is 7. The normalized spacial score (nSPS) is 14.2. The van der Waals surface area contributed by atoms with Gasteiger partial charge in [-0.1, -0.05) is 6.07 Å². The molecule has 0 saturated heterocycles. The van der Waals surface area contributed by atoms with E-state index < -0.39 is 11.6 Å². The molecule has 0 unspecified atom stereocenters. The largest absolute Gasteiger partial charge is 0.447 e. The second kappa shape index (κ2) is 7.09. The molecule has 1 heterocycles. The van der Waals surface area contributed by atoms with Gasteiger partial charge in [-0.15, -0.1) is 0 Å². The second-order valence-corrected chi connectivity index (χ2v) is 5.86. The molecular formula is C17H19F2N3O2. The lowest BCUT2D eigenvalue weighted by molar-refractivity contribution is 0.0950. The van der Waals surface area contributed by atoms with Gasteiger partial charge in [-0.25, -0.2) is 13.8 Å². The average Bonchev–Trinajstić information content (AvgIpc) is 3.28. The van der Waals surface area contributed by atoms with Crippen LogP contribution in [-0.4, -0.2) is 28.4 Å². The zero-order valence-corrected chi connectivity index (χ0v) is 13.4. The van der Waals surface area contributed by atoms with E-state index in [1.165, 1.54) is 18.4 Å². The fourth-order valence-corrected chi connectivity index (χ4v) is 2.54. The SMILES string of the molecule is CCNC(=O)c1coc(CN(Cc2ccc(F)cc2F)C2CC2)n1. The van der Waals surface area contributed by atoms with E-state index in [4.69, 9.17) is 4.42 Å². The van der Waals surface area contributed by atoms with Crippen LogP contribution < -0.4 is 5.32 Å². The first kappa shape index (κ1) is 16.6. The highest BCUT2D eigenvalue weighted by Crippen LogP contribution is 2.30. The van der Waals surface area contributed by atoms with Crippen molar-refractivity contribution < 1.29 is 18.0 Å². The van der Waals surface area contributed by atoms with Crippen LogP contribution in [0, 0.1) is 11.6 Å². The smallest absolute Gasteiger partial charge is 0.273 e. The number of carbonyl (C=O) groups is 1. The molecular weight excluding hydrogens is 316 g/mol. The molecule has 1 aliphatic carbocycles. The molecule has 2 aromatic rings. The summed E-state index contributed by atoms with van der Waals surface area (Å²) in [7, 11) is 0. The topological polar surface area (TPSA) is 58.4 Å². The molecule has 3 rings (SSSR count). The van der Waals surface area contributed by atoms with Crippen molar-refractivity contribution in [2.24, 2.45) is 0 Å². The van der Waals surface area contributed by atoms with E-state index in [1.807, 2.05) is 11.8 Å². The summed E-state index contributed by atoms with van der Waals surface area (Å²) in [6.07, 6.45) is 3.36. The number of aromatic nitrogens is 1. The molecule has 1 aliphatic rings. The Hall–Kier alpha value is -2.28. The maximum absolute atomic E-state index is 13.9. The number of benzene rings is 1. The van der Waals surface area contributed by atoms with Crippen molar-refractivity contribution in [2.45, 2.75) is 38.9 Å². The average molecular weight is 335 g/mol. The van der Waals surface area contributed by atoms with Gasteiger partial charge in [-0.2, -0.15) is 0 Å². The molecule has 1 saturated carbocycles. The molecule has 24 heavy (non-hydrogen) atoms. The molecule has 1 aromatic carbocycles. The van der Waals surface area contributed by atoms with Gasteiger partial charge in [0.05, 0.1) is 6.54 Å². The molecule has 128 valence electrons. The minimum atomic E-state index is -0.589. The number of carbonyl (C=O) groups excluding carboxylic acids is 1. The van der Waals surface area contributed by atoms with Gasteiger partial charge in [-0.3, -0.25) is 9.69 Å². The third-order valence-electron chi connectivity index (χ3n) is 3.91. The van der Waals surface area contributed by atoms with Crippen LogP contribution >= 0.6 is 0 Å². The lowest BCUT2D eigenvalue weighted by atomic mass is 10.2. The second-order valence-electron chi connectivity index (χ2n) is 5.86. The monoisotopic (exact) mass is 335 g/mol. The highest BCUT2D eigenvalue weighted by Gasteiger charge is 2.30. The Kier molecular flexibility index (Phi) is 4.89. The van der Waals surface area contributed by atoms with Gasteiger partial charge < -0.3 is 9.73 Å². The van der Waals surface area contributed by atoms with Crippen LogP contribution in [-0.2, 0) is 13.1 Å². The molecule has 0 atom stereocenters. The van der Waals surface area contributed by atoms with Crippen LogP contribution in [0.4, 0.5) is 8.78 Å². The Morgan fingerprint density at radius 2 is 2.17 bits per heavy atom. The minimum absolute atomic E-state index is 0.232. The maximum atomic E-state index is 13.9. The summed E-state index contributed by atoms with van der Waals surface area (Å²) in [5, 5.41) is 2.66. The van der Waals surface area contributed by atoms with Crippen LogP contribution in [0.3, 0.4) is 0 Å². The molecule has 1 N–H and O–H groups in total. The Morgan fingerprint density at radius 1 is 1.38 bits per heavy atom.